The summed E-state index contributed by atoms with van der Waals surface area (Å²) in [5.74, 6) is 0. The summed E-state index contributed by atoms with van der Waals surface area (Å²) >= 11 is 0. The van der Waals surface area contributed by atoms with E-state index in [2.05, 4.69) is 9.80 Å². The van der Waals surface area contributed by atoms with Crippen LogP contribution < -0.4 is 5.73 Å². The average molecular weight is 283 g/mol. The summed E-state index contributed by atoms with van der Waals surface area (Å²) in [6.45, 7) is 8.39. The van der Waals surface area contributed by atoms with E-state index in [1.165, 1.54) is 51.9 Å². The van der Waals surface area contributed by atoms with Gasteiger partial charge >= 0.3 is 0 Å². The molecule has 1 aliphatic carbocycles. The van der Waals surface area contributed by atoms with Gasteiger partial charge in [-0.25, -0.2) is 0 Å². The summed E-state index contributed by atoms with van der Waals surface area (Å²) in [6.07, 6.45) is 8.35. The molecular weight excluding hydrogens is 250 g/mol. The molecule has 3 N–H and O–H groups in total. The number of rotatable bonds is 7. The number of nitrogens with zero attached hydrogens (tertiary/aromatic N) is 2. The second-order valence-corrected chi connectivity index (χ2v) is 6.70. The summed E-state index contributed by atoms with van der Waals surface area (Å²) in [7, 11) is 0. The van der Waals surface area contributed by atoms with E-state index < -0.39 is 5.60 Å². The molecule has 0 bridgehead atoms. The second kappa shape index (κ2) is 7.74. The summed E-state index contributed by atoms with van der Waals surface area (Å²) in [4.78, 5) is 5.25. The SMILES string of the molecule is CCC(O)(CN)CCCN1CCN(C2CCCC2)CC1. The molecule has 0 aromatic heterocycles. The average Bonchev–Trinajstić information content (AvgIpc) is 3.02. The van der Waals surface area contributed by atoms with Gasteiger partial charge in [-0.15, -0.1) is 0 Å². The molecule has 1 unspecified atom stereocenters. The molecule has 2 fully saturated rings. The maximum absolute atomic E-state index is 10.2. The molecule has 118 valence electrons. The van der Waals surface area contributed by atoms with Crippen LogP contribution in [0.5, 0.6) is 0 Å². The zero-order chi connectivity index (χ0) is 14.4. The summed E-state index contributed by atoms with van der Waals surface area (Å²) in [5.41, 5.74) is 5.02. The highest BCUT2D eigenvalue weighted by Gasteiger charge is 2.26. The molecule has 1 heterocycles. The van der Waals surface area contributed by atoms with Crippen molar-refractivity contribution in [2.45, 2.75) is 63.5 Å². The largest absolute Gasteiger partial charge is 0.389 e. The minimum absolute atomic E-state index is 0.388. The Balaban J connectivity index is 1.62. The third kappa shape index (κ3) is 4.42. The van der Waals surface area contributed by atoms with Gasteiger partial charge in [-0.05, 0) is 38.6 Å². The highest BCUT2D eigenvalue weighted by Crippen LogP contribution is 2.24. The van der Waals surface area contributed by atoms with Crippen LogP contribution in [0.15, 0.2) is 0 Å². The first-order valence-electron chi connectivity index (χ1n) is 8.56. The summed E-state index contributed by atoms with van der Waals surface area (Å²) in [6, 6.07) is 0.875. The van der Waals surface area contributed by atoms with Crippen molar-refractivity contribution < 1.29 is 5.11 Å². The molecular formula is C16H33N3O. The van der Waals surface area contributed by atoms with Crippen molar-refractivity contribution in [1.29, 1.82) is 0 Å². The molecule has 0 radical (unpaired) electrons. The van der Waals surface area contributed by atoms with Gasteiger partial charge in [-0.3, -0.25) is 4.90 Å². The Bertz CT molecular complexity index is 267. The van der Waals surface area contributed by atoms with Crippen LogP contribution in [0.3, 0.4) is 0 Å². The fraction of sp³-hybridized carbons (Fsp3) is 1.00. The van der Waals surface area contributed by atoms with Crippen molar-refractivity contribution in [2.24, 2.45) is 5.73 Å². The smallest absolute Gasteiger partial charge is 0.0767 e. The van der Waals surface area contributed by atoms with Gasteiger partial charge in [0.25, 0.3) is 0 Å². The highest BCUT2D eigenvalue weighted by atomic mass is 16.3. The molecule has 1 saturated heterocycles. The number of piperazine rings is 1. The number of hydrogen-bond acceptors (Lipinski definition) is 4. The number of nitrogens with two attached hydrogens (primary N) is 1. The first-order chi connectivity index (χ1) is 9.67. The lowest BCUT2D eigenvalue weighted by molar-refractivity contribution is 0.0285. The zero-order valence-corrected chi connectivity index (χ0v) is 13.2. The number of aliphatic hydroxyl groups is 1. The minimum Gasteiger partial charge on any atom is -0.389 e. The molecule has 1 atom stereocenters. The Morgan fingerprint density at radius 1 is 1.15 bits per heavy atom. The van der Waals surface area contributed by atoms with Gasteiger partial charge in [0.2, 0.25) is 0 Å². The van der Waals surface area contributed by atoms with Crippen LogP contribution in [0, 0.1) is 0 Å². The van der Waals surface area contributed by atoms with Gasteiger partial charge < -0.3 is 15.7 Å². The second-order valence-electron chi connectivity index (χ2n) is 6.70. The Kier molecular flexibility index (Phi) is 6.27. The van der Waals surface area contributed by atoms with Crippen molar-refractivity contribution in [3.8, 4) is 0 Å². The van der Waals surface area contributed by atoms with Crippen molar-refractivity contribution in [3.05, 3.63) is 0 Å². The fourth-order valence-electron chi connectivity index (χ4n) is 3.68. The Labute approximate surface area is 124 Å². The normalized spacial score (nSPS) is 25.9. The van der Waals surface area contributed by atoms with Gasteiger partial charge in [0.1, 0.15) is 0 Å². The van der Waals surface area contributed by atoms with Crippen LogP contribution in [0.25, 0.3) is 0 Å². The monoisotopic (exact) mass is 283 g/mol. The molecule has 1 saturated carbocycles. The third-order valence-electron chi connectivity index (χ3n) is 5.40. The molecule has 2 aliphatic rings. The van der Waals surface area contributed by atoms with Crippen molar-refractivity contribution >= 4 is 0 Å². The predicted octanol–water partition coefficient (Wildman–Crippen LogP) is 1.43. The van der Waals surface area contributed by atoms with Crippen LogP contribution >= 0.6 is 0 Å². The van der Waals surface area contributed by atoms with Gasteiger partial charge in [0, 0.05) is 38.8 Å². The Morgan fingerprint density at radius 3 is 2.35 bits per heavy atom. The van der Waals surface area contributed by atoms with Crippen LogP contribution in [-0.4, -0.2) is 65.8 Å². The topological polar surface area (TPSA) is 52.7 Å². The van der Waals surface area contributed by atoms with E-state index in [4.69, 9.17) is 5.73 Å². The molecule has 20 heavy (non-hydrogen) atoms. The molecule has 0 aromatic carbocycles. The van der Waals surface area contributed by atoms with E-state index in [0.717, 1.165) is 31.8 Å². The lowest BCUT2D eigenvalue weighted by Gasteiger charge is -2.38. The molecule has 4 nitrogen and oxygen atoms in total. The van der Waals surface area contributed by atoms with Gasteiger partial charge in [0.05, 0.1) is 5.60 Å². The minimum atomic E-state index is -0.633. The standard InChI is InChI=1S/C16H33N3O/c1-2-16(20,14-17)8-5-9-18-10-12-19(13-11-18)15-6-3-4-7-15/h15,20H,2-14,17H2,1H3. The predicted molar refractivity (Wildman–Crippen MR) is 83.8 cm³/mol. The van der Waals surface area contributed by atoms with Gasteiger partial charge in [0.15, 0.2) is 0 Å². The van der Waals surface area contributed by atoms with Crippen molar-refractivity contribution in [2.75, 3.05) is 39.3 Å². The molecule has 2 rings (SSSR count). The van der Waals surface area contributed by atoms with E-state index in [1.807, 2.05) is 6.92 Å². The van der Waals surface area contributed by atoms with Gasteiger partial charge in [-0.2, -0.15) is 0 Å². The summed E-state index contributed by atoms with van der Waals surface area (Å²) in [5, 5.41) is 10.2. The van der Waals surface area contributed by atoms with E-state index in [-0.39, 0.29) is 0 Å². The van der Waals surface area contributed by atoms with E-state index in [0.29, 0.717) is 6.54 Å². The van der Waals surface area contributed by atoms with Crippen LogP contribution in [-0.2, 0) is 0 Å². The van der Waals surface area contributed by atoms with Gasteiger partial charge in [-0.1, -0.05) is 19.8 Å². The van der Waals surface area contributed by atoms with E-state index >= 15 is 0 Å². The first kappa shape index (κ1) is 16.2. The maximum atomic E-state index is 10.2. The Morgan fingerprint density at radius 2 is 1.80 bits per heavy atom. The molecule has 1 aliphatic heterocycles. The highest BCUT2D eigenvalue weighted by molar-refractivity contribution is 4.83. The van der Waals surface area contributed by atoms with Crippen LogP contribution in [0.2, 0.25) is 0 Å². The van der Waals surface area contributed by atoms with E-state index in [1.54, 1.807) is 0 Å². The van der Waals surface area contributed by atoms with Crippen LogP contribution in [0.4, 0.5) is 0 Å². The molecule has 0 amide bonds. The summed E-state index contributed by atoms with van der Waals surface area (Å²) < 4.78 is 0. The lowest BCUT2D eigenvalue weighted by Crippen LogP contribution is -2.50. The molecule has 0 spiro atoms. The third-order valence-corrected chi connectivity index (χ3v) is 5.40. The maximum Gasteiger partial charge on any atom is 0.0767 e. The molecule has 4 heteroatoms. The lowest BCUT2D eigenvalue weighted by atomic mass is 9.95. The zero-order valence-electron chi connectivity index (χ0n) is 13.2. The number of hydrogen-bond donors (Lipinski definition) is 2. The van der Waals surface area contributed by atoms with Crippen molar-refractivity contribution in [3.63, 3.8) is 0 Å². The Hall–Kier alpha value is -0.160. The fourth-order valence-corrected chi connectivity index (χ4v) is 3.68. The first-order valence-corrected chi connectivity index (χ1v) is 8.56. The molecule has 0 aromatic rings. The quantitative estimate of drug-likeness (QED) is 0.742. The van der Waals surface area contributed by atoms with Crippen molar-refractivity contribution in [1.82, 2.24) is 9.80 Å². The van der Waals surface area contributed by atoms with E-state index in [9.17, 15) is 5.11 Å². The van der Waals surface area contributed by atoms with Crippen LogP contribution in [0.1, 0.15) is 51.9 Å².